The third-order valence-corrected chi connectivity index (χ3v) is 4.43. The van der Waals surface area contributed by atoms with Crippen LogP contribution in [0.2, 0.25) is 0 Å². The summed E-state index contributed by atoms with van der Waals surface area (Å²) in [6.45, 7) is 1.89. The van der Waals surface area contributed by atoms with Gasteiger partial charge in [-0.05, 0) is 31.2 Å². The van der Waals surface area contributed by atoms with Gasteiger partial charge in [-0.3, -0.25) is 4.79 Å². The predicted molar refractivity (Wildman–Crippen MR) is 95.8 cm³/mol. The number of amides is 1. The zero-order valence-electron chi connectivity index (χ0n) is 13.8. The first-order valence-electron chi connectivity index (χ1n) is 8.37. The fourth-order valence-corrected chi connectivity index (χ4v) is 3.06. The van der Waals surface area contributed by atoms with Crippen molar-refractivity contribution in [1.29, 1.82) is 0 Å². The third-order valence-electron chi connectivity index (χ3n) is 4.43. The van der Waals surface area contributed by atoms with Gasteiger partial charge >= 0.3 is 0 Å². The second-order valence-electron chi connectivity index (χ2n) is 6.19. The molecule has 1 aromatic rings. The number of nitrogens with two attached hydrogens (primary N) is 1. The topological polar surface area (TPSA) is 64.3 Å². The summed E-state index contributed by atoms with van der Waals surface area (Å²) in [5.74, 6) is 0.110. The van der Waals surface area contributed by atoms with E-state index in [0.29, 0.717) is 26.2 Å². The van der Waals surface area contributed by atoms with Crippen LogP contribution in [-0.4, -0.2) is 31.2 Å². The summed E-state index contributed by atoms with van der Waals surface area (Å²) in [6, 6.07) is 10.3. The summed E-state index contributed by atoms with van der Waals surface area (Å²) >= 11 is 0. The Kier molecular flexibility index (Phi) is 9.22. The van der Waals surface area contributed by atoms with Crippen LogP contribution in [0.15, 0.2) is 30.3 Å². The molecule has 1 fully saturated rings. The minimum atomic E-state index is -0.134. The first-order chi connectivity index (χ1) is 10.7. The lowest BCUT2D eigenvalue weighted by Gasteiger charge is -2.28. The van der Waals surface area contributed by atoms with E-state index >= 15 is 0 Å². The molecule has 1 saturated carbocycles. The molecular formula is C18H29ClN2O2. The van der Waals surface area contributed by atoms with Crippen molar-refractivity contribution in [2.24, 2.45) is 5.73 Å². The van der Waals surface area contributed by atoms with E-state index in [1.807, 2.05) is 18.2 Å². The smallest absolute Gasteiger partial charge is 0.220 e. The van der Waals surface area contributed by atoms with Crippen molar-refractivity contribution < 1.29 is 9.53 Å². The van der Waals surface area contributed by atoms with E-state index in [0.717, 1.165) is 25.7 Å². The SMILES string of the molecule is Cl.NCC1(NC(=O)CCCOCCc2ccccc2)CCCC1. The van der Waals surface area contributed by atoms with Crippen molar-refractivity contribution in [1.82, 2.24) is 5.32 Å². The molecule has 0 unspecified atom stereocenters. The van der Waals surface area contributed by atoms with Crippen LogP contribution in [0.4, 0.5) is 0 Å². The molecule has 0 radical (unpaired) electrons. The van der Waals surface area contributed by atoms with Crippen molar-refractivity contribution in [3.8, 4) is 0 Å². The molecular weight excluding hydrogens is 312 g/mol. The first kappa shape index (κ1) is 19.9. The normalized spacial score (nSPS) is 15.9. The highest BCUT2D eigenvalue weighted by Gasteiger charge is 2.33. The van der Waals surface area contributed by atoms with Gasteiger partial charge < -0.3 is 15.8 Å². The minimum Gasteiger partial charge on any atom is -0.381 e. The van der Waals surface area contributed by atoms with Gasteiger partial charge in [-0.2, -0.15) is 0 Å². The van der Waals surface area contributed by atoms with Gasteiger partial charge in [0.25, 0.3) is 0 Å². The highest BCUT2D eigenvalue weighted by Crippen LogP contribution is 2.28. The molecule has 3 N–H and O–H groups in total. The fourth-order valence-electron chi connectivity index (χ4n) is 3.06. The standard InChI is InChI=1S/C18H28N2O2.ClH/c19-15-18(11-4-5-12-18)20-17(21)9-6-13-22-14-10-16-7-2-1-3-8-16;/h1-3,7-8H,4-6,9-15,19H2,(H,20,21);1H. The second kappa shape index (κ2) is 10.6. The Bertz CT molecular complexity index is 448. The van der Waals surface area contributed by atoms with Crippen LogP contribution in [0.5, 0.6) is 0 Å². The number of ether oxygens (including phenoxy) is 1. The lowest BCUT2D eigenvalue weighted by atomic mass is 9.97. The molecule has 23 heavy (non-hydrogen) atoms. The Morgan fingerprint density at radius 1 is 1.17 bits per heavy atom. The molecule has 0 bridgehead atoms. The van der Waals surface area contributed by atoms with E-state index in [-0.39, 0.29) is 23.9 Å². The number of carbonyl (C=O) groups excluding carboxylic acids is 1. The van der Waals surface area contributed by atoms with Crippen LogP contribution in [0.3, 0.4) is 0 Å². The van der Waals surface area contributed by atoms with Crippen molar-refractivity contribution in [2.75, 3.05) is 19.8 Å². The van der Waals surface area contributed by atoms with E-state index in [1.54, 1.807) is 0 Å². The summed E-state index contributed by atoms with van der Waals surface area (Å²) < 4.78 is 5.60. The number of hydrogen-bond acceptors (Lipinski definition) is 3. The average Bonchev–Trinajstić information content (AvgIpc) is 3.01. The Morgan fingerprint density at radius 3 is 2.52 bits per heavy atom. The van der Waals surface area contributed by atoms with E-state index in [1.165, 1.54) is 18.4 Å². The van der Waals surface area contributed by atoms with E-state index in [9.17, 15) is 4.79 Å². The number of benzene rings is 1. The summed E-state index contributed by atoms with van der Waals surface area (Å²) in [4.78, 5) is 12.0. The van der Waals surface area contributed by atoms with Gasteiger partial charge in [-0.1, -0.05) is 43.2 Å². The molecule has 0 saturated heterocycles. The maximum Gasteiger partial charge on any atom is 0.220 e. The fraction of sp³-hybridized carbons (Fsp3) is 0.611. The molecule has 0 aliphatic heterocycles. The minimum absolute atomic E-state index is 0. The van der Waals surface area contributed by atoms with Crippen molar-refractivity contribution >= 4 is 18.3 Å². The number of halogens is 1. The second-order valence-corrected chi connectivity index (χ2v) is 6.19. The number of rotatable bonds is 9. The van der Waals surface area contributed by atoms with Crippen LogP contribution in [0, 0.1) is 0 Å². The van der Waals surface area contributed by atoms with E-state index in [4.69, 9.17) is 10.5 Å². The molecule has 1 aromatic carbocycles. The lowest BCUT2D eigenvalue weighted by Crippen LogP contribution is -2.51. The van der Waals surface area contributed by atoms with Gasteiger partial charge in [-0.25, -0.2) is 0 Å². The zero-order valence-corrected chi connectivity index (χ0v) is 14.6. The van der Waals surface area contributed by atoms with E-state index < -0.39 is 0 Å². The van der Waals surface area contributed by atoms with Gasteiger partial charge in [-0.15, -0.1) is 12.4 Å². The summed E-state index contributed by atoms with van der Waals surface area (Å²) in [5, 5.41) is 3.14. The molecule has 0 spiro atoms. The van der Waals surface area contributed by atoms with Crippen LogP contribution in [-0.2, 0) is 16.0 Å². The van der Waals surface area contributed by atoms with Gasteiger partial charge in [0.1, 0.15) is 0 Å². The number of nitrogens with one attached hydrogen (secondary N) is 1. The Labute approximate surface area is 145 Å². The predicted octanol–water partition coefficient (Wildman–Crippen LogP) is 2.84. The molecule has 1 amide bonds. The molecule has 5 heteroatoms. The molecule has 4 nitrogen and oxygen atoms in total. The van der Waals surface area contributed by atoms with Crippen LogP contribution in [0.1, 0.15) is 44.1 Å². The first-order valence-corrected chi connectivity index (χ1v) is 8.37. The van der Waals surface area contributed by atoms with Crippen LogP contribution >= 0.6 is 12.4 Å². The monoisotopic (exact) mass is 340 g/mol. The van der Waals surface area contributed by atoms with Gasteiger partial charge in [0.2, 0.25) is 5.91 Å². The Balaban J connectivity index is 0.00000264. The average molecular weight is 341 g/mol. The molecule has 0 atom stereocenters. The number of carbonyl (C=O) groups is 1. The molecule has 2 rings (SSSR count). The quantitative estimate of drug-likeness (QED) is 0.679. The van der Waals surface area contributed by atoms with Crippen LogP contribution < -0.4 is 11.1 Å². The summed E-state index contributed by atoms with van der Waals surface area (Å²) in [7, 11) is 0. The summed E-state index contributed by atoms with van der Waals surface area (Å²) in [6.07, 6.45) is 6.57. The van der Waals surface area contributed by atoms with Crippen molar-refractivity contribution in [2.45, 2.75) is 50.5 Å². The van der Waals surface area contributed by atoms with Gasteiger partial charge in [0.15, 0.2) is 0 Å². The molecule has 1 aliphatic carbocycles. The van der Waals surface area contributed by atoms with Crippen molar-refractivity contribution in [3.05, 3.63) is 35.9 Å². The maximum atomic E-state index is 12.0. The molecule has 130 valence electrons. The largest absolute Gasteiger partial charge is 0.381 e. The van der Waals surface area contributed by atoms with E-state index in [2.05, 4.69) is 17.4 Å². The Morgan fingerprint density at radius 2 is 1.87 bits per heavy atom. The van der Waals surface area contributed by atoms with Gasteiger partial charge in [0, 0.05) is 19.6 Å². The molecule has 0 aromatic heterocycles. The third kappa shape index (κ3) is 6.90. The van der Waals surface area contributed by atoms with Crippen LogP contribution in [0.25, 0.3) is 0 Å². The maximum absolute atomic E-state index is 12.0. The zero-order chi connectivity index (χ0) is 15.7. The van der Waals surface area contributed by atoms with Crippen molar-refractivity contribution in [3.63, 3.8) is 0 Å². The highest BCUT2D eigenvalue weighted by atomic mass is 35.5. The number of hydrogen-bond donors (Lipinski definition) is 2. The highest BCUT2D eigenvalue weighted by molar-refractivity contribution is 5.85. The van der Waals surface area contributed by atoms with Gasteiger partial charge in [0.05, 0.1) is 12.1 Å². The summed E-state index contributed by atoms with van der Waals surface area (Å²) in [5.41, 5.74) is 6.98. The molecule has 0 heterocycles. The molecule has 1 aliphatic rings. The Hall–Kier alpha value is -1.10. The lowest BCUT2D eigenvalue weighted by molar-refractivity contribution is -0.123.